The van der Waals surface area contributed by atoms with Crippen molar-refractivity contribution in [1.29, 1.82) is 0 Å². The molecule has 3 aromatic rings. The molecule has 6 nitrogen and oxygen atoms in total. The number of carboxylic acid groups (broad SMARTS) is 1. The highest BCUT2D eigenvalue weighted by Gasteiger charge is 2.19. The maximum Gasteiger partial charge on any atom is 0.339 e. The first-order chi connectivity index (χ1) is 13.6. The topological polar surface area (TPSA) is 82.5 Å². The number of carbonyl (C=O) groups is 2. The van der Waals surface area contributed by atoms with Gasteiger partial charge in [-0.05, 0) is 30.7 Å². The van der Waals surface area contributed by atoms with Crippen LogP contribution in [-0.4, -0.2) is 28.5 Å². The van der Waals surface area contributed by atoms with Gasteiger partial charge in [-0.15, -0.1) is 0 Å². The summed E-state index contributed by atoms with van der Waals surface area (Å²) in [6, 6.07) is 20.0. The third-order valence-electron chi connectivity index (χ3n) is 4.29. The average Bonchev–Trinajstić information content (AvgIpc) is 2.73. The monoisotopic (exact) mass is 375 g/mol. The van der Waals surface area contributed by atoms with Crippen molar-refractivity contribution < 1.29 is 14.7 Å². The van der Waals surface area contributed by atoms with E-state index in [9.17, 15) is 14.7 Å². The molecular formula is C22H21N3O3. The first-order valence-electron chi connectivity index (χ1n) is 8.97. The van der Waals surface area contributed by atoms with Crippen LogP contribution in [0.2, 0.25) is 0 Å². The van der Waals surface area contributed by atoms with Gasteiger partial charge in [-0.1, -0.05) is 48.5 Å². The molecule has 1 amide bonds. The number of amides is 1. The minimum atomic E-state index is -1.09. The Hall–Kier alpha value is -3.67. The molecule has 0 saturated carbocycles. The van der Waals surface area contributed by atoms with E-state index in [1.165, 1.54) is 12.3 Å². The quantitative estimate of drug-likeness (QED) is 0.651. The summed E-state index contributed by atoms with van der Waals surface area (Å²) in [5.41, 5.74) is 1.93. The largest absolute Gasteiger partial charge is 0.478 e. The van der Waals surface area contributed by atoms with Gasteiger partial charge in [0.1, 0.15) is 11.4 Å². The zero-order valence-electron chi connectivity index (χ0n) is 15.5. The molecule has 6 heteroatoms. The number of carbonyl (C=O) groups excluding carboxylic acids is 1. The van der Waals surface area contributed by atoms with E-state index in [1.807, 2.05) is 48.2 Å². The van der Waals surface area contributed by atoms with Crippen molar-refractivity contribution in [3.8, 4) is 0 Å². The van der Waals surface area contributed by atoms with Crippen LogP contribution in [0.5, 0.6) is 0 Å². The minimum Gasteiger partial charge on any atom is -0.478 e. The third-order valence-corrected chi connectivity index (χ3v) is 4.29. The number of anilines is 2. The molecule has 0 fully saturated rings. The molecule has 3 rings (SSSR count). The van der Waals surface area contributed by atoms with Crippen LogP contribution in [0.15, 0.2) is 72.9 Å². The Morgan fingerprint density at radius 3 is 2.29 bits per heavy atom. The first kappa shape index (κ1) is 19.1. The Kier molecular flexibility index (Phi) is 6.01. The van der Waals surface area contributed by atoms with Crippen LogP contribution < -0.4 is 10.2 Å². The number of aromatic carboxylic acids is 1. The van der Waals surface area contributed by atoms with Crippen molar-refractivity contribution in [1.82, 2.24) is 4.98 Å². The van der Waals surface area contributed by atoms with E-state index >= 15 is 0 Å². The van der Waals surface area contributed by atoms with Crippen LogP contribution in [0, 0.1) is 0 Å². The highest BCUT2D eigenvalue weighted by Crippen LogP contribution is 2.23. The first-order valence-corrected chi connectivity index (χ1v) is 8.97. The van der Waals surface area contributed by atoms with Crippen molar-refractivity contribution in [2.24, 2.45) is 0 Å². The van der Waals surface area contributed by atoms with Crippen molar-refractivity contribution in [2.45, 2.75) is 13.5 Å². The van der Waals surface area contributed by atoms with Gasteiger partial charge in [0, 0.05) is 18.7 Å². The summed E-state index contributed by atoms with van der Waals surface area (Å²) in [5.74, 6) is -1.04. The van der Waals surface area contributed by atoms with Crippen LogP contribution in [0.3, 0.4) is 0 Å². The van der Waals surface area contributed by atoms with Gasteiger partial charge < -0.3 is 15.3 Å². The second kappa shape index (κ2) is 8.81. The van der Waals surface area contributed by atoms with Gasteiger partial charge in [-0.25, -0.2) is 9.78 Å². The SMILES string of the molecule is CCN(Cc1ccccc1)c1ncc(NC(=O)c2ccccc2)cc1C(=O)O. The predicted octanol–water partition coefficient (Wildman–Crippen LogP) is 4.06. The van der Waals surface area contributed by atoms with Gasteiger partial charge >= 0.3 is 5.97 Å². The van der Waals surface area contributed by atoms with Gasteiger partial charge in [0.2, 0.25) is 0 Å². The lowest BCUT2D eigenvalue weighted by Gasteiger charge is -2.24. The molecule has 1 aromatic heterocycles. The molecule has 0 radical (unpaired) electrons. The molecular weight excluding hydrogens is 354 g/mol. The molecule has 1 heterocycles. The van der Waals surface area contributed by atoms with E-state index in [0.717, 1.165) is 5.56 Å². The molecule has 28 heavy (non-hydrogen) atoms. The van der Waals surface area contributed by atoms with E-state index in [4.69, 9.17) is 0 Å². The highest BCUT2D eigenvalue weighted by atomic mass is 16.4. The zero-order chi connectivity index (χ0) is 19.9. The van der Waals surface area contributed by atoms with Gasteiger partial charge in [0.05, 0.1) is 11.9 Å². The molecule has 2 aromatic carbocycles. The zero-order valence-corrected chi connectivity index (χ0v) is 15.5. The number of carboxylic acids is 1. The van der Waals surface area contributed by atoms with Crippen molar-refractivity contribution in [3.05, 3.63) is 89.6 Å². The lowest BCUT2D eigenvalue weighted by molar-refractivity contribution is 0.0696. The van der Waals surface area contributed by atoms with Gasteiger partial charge in [0.25, 0.3) is 5.91 Å². The van der Waals surface area contributed by atoms with Crippen LogP contribution in [-0.2, 0) is 6.54 Å². The number of aromatic nitrogens is 1. The molecule has 0 saturated heterocycles. The van der Waals surface area contributed by atoms with Crippen molar-refractivity contribution >= 4 is 23.4 Å². The Bertz CT molecular complexity index is 959. The maximum atomic E-state index is 12.3. The summed E-state index contributed by atoms with van der Waals surface area (Å²) in [6.45, 7) is 3.08. The van der Waals surface area contributed by atoms with E-state index in [2.05, 4.69) is 10.3 Å². The summed E-state index contributed by atoms with van der Waals surface area (Å²) >= 11 is 0. The fourth-order valence-electron chi connectivity index (χ4n) is 2.87. The lowest BCUT2D eigenvalue weighted by atomic mass is 10.1. The smallest absolute Gasteiger partial charge is 0.339 e. The predicted molar refractivity (Wildman–Crippen MR) is 109 cm³/mol. The van der Waals surface area contributed by atoms with Gasteiger partial charge in [0.15, 0.2) is 0 Å². The summed E-state index contributed by atoms with van der Waals surface area (Å²) in [5, 5.41) is 12.4. The van der Waals surface area contributed by atoms with Crippen molar-refractivity contribution in [3.63, 3.8) is 0 Å². The number of pyridine rings is 1. The summed E-state index contributed by atoms with van der Waals surface area (Å²) in [6.07, 6.45) is 1.48. The van der Waals surface area contributed by atoms with Crippen LogP contribution in [0.1, 0.15) is 33.2 Å². The number of nitrogens with zero attached hydrogens (tertiary/aromatic N) is 2. The fraction of sp³-hybridized carbons (Fsp3) is 0.136. The Balaban J connectivity index is 1.86. The Morgan fingerprint density at radius 1 is 1.04 bits per heavy atom. The standard InChI is InChI=1S/C22H21N3O3/c1-2-25(15-16-9-5-3-6-10-16)20-19(22(27)28)13-18(14-23-20)24-21(26)17-11-7-4-8-12-17/h3-14H,2,15H2,1H3,(H,24,26)(H,27,28). The van der Waals surface area contributed by atoms with E-state index < -0.39 is 5.97 Å². The normalized spacial score (nSPS) is 10.3. The molecule has 0 aliphatic carbocycles. The van der Waals surface area contributed by atoms with Crippen LogP contribution in [0.4, 0.5) is 11.5 Å². The Morgan fingerprint density at radius 2 is 1.68 bits per heavy atom. The highest BCUT2D eigenvalue weighted by molar-refractivity contribution is 6.05. The van der Waals surface area contributed by atoms with Crippen LogP contribution in [0.25, 0.3) is 0 Å². The second-order valence-electron chi connectivity index (χ2n) is 6.22. The van der Waals surface area contributed by atoms with Crippen LogP contribution >= 0.6 is 0 Å². The van der Waals surface area contributed by atoms with Crippen molar-refractivity contribution in [2.75, 3.05) is 16.8 Å². The molecule has 0 aliphatic heterocycles. The molecule has 0 unspecified atom stereocenters. The number of nitrogens with one attached hydrogen (secondary N) is 1. The Labute approximate surface area is 163 Å². The van der Waals surface area contributed by atoms with Gasteiger partial charge in [-0.2, -0.15) is 0 Å². The molecule has 142 valence electrons. The third kappa shape index (κ3) is 4.54. The summed E-state index contributed by atoms with van der Waals surface area (Å²) in [4.78, 5) is 30.4. The second-order valence-corrected chi connectivity index (χ2v) is 6.22. The number of hydrogen-bond donors (Lipinski definition) is 2. The number of hydrogen-bond acceptors (Lipinski definition) is 4. The summed E-state index contributed by atoms with van der Waals surface area (Å²) in [7, 11) is 0. The van der Waals surface area contributed by atoms with E-state index in [-0.39, 0.29) is 11.5 Å². The molecule has 0 aliphatic rings. The van der Waals surface area contributed by atoms with E-state index in [1.54, 1.807) is 24.3 Å². The molecule has 0 spiro atoms. The summed E-state index contributed by atoms with van der Waals surface area (Å²) < 4.78 is 0. The molecule has 0 atom stereocenters. The maximum absolute atomic E-state index is 12.3. The molecule has 2 N–H and O–H groups in total. The molecule has 0 bridgehead atoms. The lowest BCUT2D eigenvalue weighted by Crippen LogP contribution is -2.25. The number of rotatable bonds is 7. The minimum absolute atomic E-state index is 0.0450. The van der Waals surface area contributed by atoms with E-state index in [0.29, 0.717) is 30.2 Å². The van der Waals surface area contributed by atoms with Gasteiger partial charge in [-0.3, -0.25) is 4.79 Å². The average molecular weight is 375 g/mol. The fourth-order valence-corrected chi connectivity index (χ4v) is 2.87. The number of benzene rings is 2.